The standard InChI is InChI=1S/C7H15N/c1-5-7(6-2)8(3)4/h5,7H,1,6H2,2-4H3. The molecule has 1 heteroatoms. The fraction of sp³-hybridized carbons (Fsp3) is 0.714. The third-order valence-corrected chi connectivity index (χ3v) is 1.35. The smallest absolute Gasteiger partial charge is 0.0266 e. The van der Waals surface area contributed by atoms with Gasteiger partial charge in [-0.1, -0.05) is 13.0 Å². The first-order valence-corrected chi connectivity index (χ1v) is 3.01. The second-order valence-electron chi connectivity index (χ2n) is 2.17. The molecule has 0 saturated carbocycles. The monoisotopic (exact) mass is 113 g/mol. The molecule has 8 heavy (non-hydrogen) atoms. The van der Waals surface area contributed by atoms with Gasteiger partial charge in [0.25, 0.3) is 0 Å². The summed E-state index contributed by atoms with van der Waals surface area (Å²) in [6.45, 7) is 5.87. The van der Waals surface area contributed by atoms with Gasteiger partial charge in [-0.15, -0.1) is 6.58 Å². The van der Waals surface area contributed by atoms with E-state index < -0.39 is 0 Å². The van der Waals surface area contributed by atoms with Gasteiger partial charge in [-0.3, -0.25) is 0 Å². The number of hydrogen-bond donors (Lipinski definition) is 0. The SMILES string of the molecule is C=CC(CC)N(C)C. The molecular formula is C7H15N. The van der Waals surface area contributed by atoms with E-state index in [-0.39, 0.29) is 0 Å². The van der Waals surface area contributed by atoms with Gasteiger partial charge in [-0.05, 0) is 20.5 Å². The molecule has 0 heterocycles. The lowest BCUT2D eigenvalue weighted by Crippen LogP contribution is -2.24. The predicted octanol–water partition coefficient (Wildman–Crippen LogP) is 1.51. The molecule has 1 nitrogen and oxygen atoms in total. The van der Waals surface area contributed by atoms with Gasteiger partial charge < -0.3 is 4.90 Å². The van der Waals surface area contributed by atoms with Gasteiger partial charge in [0.2, 0.25) is 0 Å². The first-order valence-electron chi connectivity index (χ1n) is 3.01. The van der Waals surface area contributed by atoms with Crippen molar-refractivity contribution in [3.8, 4) is 0 Å². The maximum Gasteiger partial charge on any atom is 0.0266 e. The van der Waals surface area contributed by atoms with Crippen LogP contribution in [0, 0.1) is 0 Å². The quantitative estimate of drug-likeness (QED) is 0.501. The molecule has 0 aromatic rings. The van der Waals surface area contributed by atoms with Crippen LogP contribution in [-0.2, 0) is 0 Å². The Morgan fingerprint density at radius 2 is 2.12 bits per heavy atom. The van der Waals surface area contributed by atoms with Crippen LogP contribution < -0.4 is 0 Å². The molecule has 0 aromatic heterocycles. The van der Waals surface area contributed by atoms with Gasteiger partial charge in [0.15, 0.2) is 0 Å². The number of hydrogen-bond acceptors (Lipinski definition) is 1. The van der Waals surface area contributed by atoms with Gasteiger partial charge in [-0.25, -0.2) is 0 Å². The zero-order valence-electron chi connectivity index (χ0n) is 6.02. The Hall–Kier alpha value is -0.300. The third-order valence-electron chi connectivity index (χ3n) is 1.35. The van der Waals surface area contributed by atoms with Crippen molar-refractivity contribution in [2.45, 2.75) is 19.4 Å². The van der Waals surface area contributed by atoms with E-state index in [1.165, 1.54) is 0 Å². The summed E-state index contributed by atoms with van der Waals surface area (Å²) in [4.78, 5) is 2.16. The molecule has 0 aliphatic carbocycles. The van der Waals surface area contributed by atoms with Gasteiger partial charge in [-0.2, -0.15) is 0 Å². The molecule has 0 rings (SSSR count). The van der Waals surface area contributed by atoms with Crippen LogP contribution in [0.3, 0.4) is 0 Å². The average molecular weight is 113 g/mol. The van der Waals surface area contributed by atoms with Crippen LogP contribution in [0.15, 0.2) is 12.7 Å². The summed E-state index contributed by atoms with van der Waals surface area (Å²) in [5.74, 6) is 0. The highest BCUT2D eigenvalue weighted by Crippen LogP contribution is 1.97. The molecule has 0 N–H and O–H groups in total. The van der Waals surface area contributed by atoms with E-state index in [0.717, 1.165) is 6.42 Å². The van der Waals surface area contributed by atoms with Gasteiger partial charge in [0.1, 0.15) is 0 Å². The fourth-order valence-corrected chi connectivity index (χ4v) is 0.743. The minimum Gasteiger partial charge on any atom is -0.303 e. The predicted molar refractivity (Wildman–Crippen MR) is 38.0 cm³/mol. The second kappa shape index (κ2) is 3.67. The van der Waals surface area contributed by atoms with E-state index in [1.807, 2.05) is 6.08 Å². The molecule has 0 radical (unpaired) electrons. The van der Waals surface area contributed by atoms with Crippen LogP contribution in [0.1, 0.15) is 13.3 Å². The van der Waals surface area contributed by atoms with E-state index in [4.69, 9.17) is 0 Å². The van der Waals surface area contributed by atoms with Crippen LogP contribution in [0.4, 0.5) is 0 Å². The molecule has 1 unspecified atom stereocenters. The molecule has 0 aliphatic rings. The fourth-order valence-electron chi connectivity index (χ4n) is 0.743. The highest BCUT2D eigenvalue weighted by molar-refractivity contribution is 4.83. The summed E-state index contributed by atoms with van der Waals surface area (Å²) in [7, 11) is 4.13. The molecule has 0 saturated heterocycles. The molecule has 0 spiro atoms. The van der Waals surface area contributed by atoms with Crippen molar-refractivity contribution in [1.82, 2.24) is 4.90 Å². The number of rotatable bonds is 3. The van der Waals surface area contributed by atoms with Crippen LogP contribution >= 0.6 is 0 Å². The lowest BCUT2D eigenvalue weighted by Gasteiger charge is -2.17. The van der Waals surface area contributed by atoms with E-state index in [0.29, 0.717) is 6.04 Å². The van der Waals surface area contributed by atoms with Crippen molar-refractivity contribution in [3.63, 3.8) is 0 Å². The lowest BCUT2D eigenvalue weighted by molar-refractivity contribution is 0.336. The molecule has 0 fully saturated rings. The minimum absolute atomic E-state index is 0.551. The van der Waals surface area contributed by atoms with Crippen LogP contribution in [0.5, 0.6) is 0 Å². The summed E-state index contributed by atoms with van der Waals surface area (Å²) in [6.07, 6.45) is 3.12. The third kappa shape index (κ3) is 2.12. The van der Waals surface area contributed by atoms with Crippen molar-refractivity contribution >= 4 is 0 Å². The lowest BCUT2D eigenvalue weighted by atomic mass is 10.2. The molecule has 0 aliphatic heterocycles. The Balaban J connectivity index is 3.51. The highest BCUT2D eigenvalue weighted by Gasteiger charge is 2.00. The maximum atomic E-state index is 3.71. The molecular weight excluding hydrogens is 98.1 g/mol. The molecule has 1 atom stereocenters. The van der Waals surface area contributed by atoms with Crippen molar-refractivity contribution in [1.29, 1.82) is 0 Å². The Kier molecular flexibility index (Phi) is 3.53. The maximum absolute atomic E-state index is 3.71. The first kappa shape index (κ1) is 7.70. The van der Waals surface area contributed by atoms with E-state index >= 15 is 0 Å². The van der Waals surface area contributed by atoms with E-state index in [1.54, 1.807) is 0 Å². The number of likely N-dealkylation sites (N-methyl/N-ethyl adjacent to an activating group) is 1. The minimum atomic E-state index is 0.551. The van der Waals surface area contributed by atoms with Gasteiger partial charge in [0, 0.05) is 6.04 Å². The molecule has 0 aromatic carbocycles. The summed E-state index contributed by atoms with van der Waals surface area (Å²) in [5, 5.41) is 0. The Morgan fingerprint density at radius 3 is 2.12 bits per heavy atom. The normalized spacial score (nSPS) is 14.0. The first-order chi connectivity index (χ1) is 3.72. The zero-order chi connectivity index (χ0) is 6.57. The summed E-state index contributed by atoms with van der Waals surface area (Å²) >= 11 is 0. The van der Waals surface area contributed by atoms with Gasteiger partial charge >= 0.3 is 0 Å². The Labute approximate surface area is 52.0 Å². The van der Waals surface area contributed by atoms with Crippen molar-refractivity contribution in [2.75, 3.05) is 14.1 Å². The summed E-state index contributed by atoms with van der Waals surface area (Å²) in [5.41, 5.74) is 0. The molecule has 48 valence electrons. The van der Waals surface area contributed by atoms with E-state index in [9.17, 15) is 0 Å². The Bertz CT molecular complexity index is 66.8. The van der Waals surface area contributed by atoms with Crippen molar-refractivity contribution in [2.24, 2.45) is 0 Å². The summed E-state index contributed by atoms with van der Waals surface area (Å²) < 4.78 is 0. The zero-order valence-corrected chi connectivity index (χ0v) is 6.02. The molecule has 0 bridgehead atoms. The highest BCUT2D eigenvalue weighted by atomic mass is 15.1. The van der Waals surface area contributed by atoms with Crippen molar-refractivity contribution in [3.05, 3.63) is 12.7 Å². The molecule has 0 amide bonds. The second-order valence-corrected chi connectivity index (χ2v) is 2.17. The van der Waals surface area contributed by atoms with Crippen LogP contribution in [-0.4, -0.2) is 25.0 Å². The van der Waals surface area contributed by atoms with Crippen LogP contribution in [0.2, 0.25) is 0 Å². The largest absolute Gasteiger partial charge is 0.303 e. The van der Waals surface area contributed by atoms with Crippen LogP contribution in [0.25, 0.3) is 0 Å². The van der Waals surface area contributed by atoms with Gasteiger partial charge in [0.05, 0.1) is 0 Å². The summed E-state index contributed by atoms with van der Waals surface area (Å²) in [6, 6.07) is 0.551. The number of nitrogens with zero attached hydrogens (tertiary/aromatic N) is 1. The van der Waals surface area contributed by atoms with Crippen molar-refractivity contribution < 1.29 is 0 Å². The topological polar surface area (TPSA) is 3.24 Å². The average Bonchev–Trinajstić information content (AvgIpc) is 1.69. The van der Waals surface area contributed by atoms with E-state index in [2.05, 4.69) is 32.5 Å². The Morgan fingerprint density at radius 1 is 1.62 bits per heavy atom.